The van der Waals surface area contributed by atoms with Crippen molar-refractivity contribution in [1.82, 2.24) is 14.8 Å². The molecular weight excluding hydrogens is 238 g/mol. The Hall–Kier alpha value is -2.77. The van der Waals surface area contributed by atoms with Crippen molar-refractivity contribution in [3.05, 3.63) is 45.8 Å². The van der Waals surface area contributed by atoms with Gasteiger partial charge in [0.2, 0.25) is 5.95 Å². The lowest BCUT2D eigenvalue weighted by atomic mass is 10.1. The van der Waals surface area contributed by atoms with E-state index in [2.05, 4.69) is 10.1 Å². The van der Waals surface area contributed by atoms with E-state index < -0.39 is 10.8 Å². The number of aromatic nitrogens is 3. The van der Waals surface area contributed by atoms with Crippen LogP contribution in [0, 0.1) is 17.0 Å². The molecule has 0 atom stereocenters. The highest BCUT2D eigenvalue weighted by atomic mass is 16.6. The fourth-order valence-electron chi connectivity index (χ4n) is 1.48. The Bertz CT molecular complexity index is 634. The number of carbonyl (C=O) groups is 1. The molecule has 0 unspecified atom stereocenters. The number of hydrogen-bond donors (Lipinski definition) is 1. The lowest BCUT2D eigenvalue weighted by molar-refractivity contribution is -0.385. The number of carbonyl (C=O) groups excluding carboxylic acids is 1. The first kappa shape index (κ1) is 11.7. The van der Waals surface area contributed by atoms with E-state index in [0.717, 1.165) is 16.6 Å². The minimum Gasteiger partial charge on any atom is -0.366 e. The third kappa shape index (κ3) is 2.03. The molecule has 1 aromatic carbocycles. The Morgan fingerprint density at radius 1 is 1.50 bits per heavy atom. The van der Waals surface area contributed by atoms with Gasteiger partial charge in [-0.05, 0) is 18.6 Å². The van der Waals surface area contributed by atoms with Crippen LogP contribution in [0.1, 0.15) is 15.9 Å². The number of nitrogens with zero attached hydrogens (tertiary/aromatic N) is 4. The molecule has 0 saturated heterocycles. The molecule has 0 aliphatic heterocycles. The Morgan fingerprint density at radius 3 is 2.78 bits per heavy atom. The second-order valence-corrected chi connectivity index (χ2v) is 3.63. The molecule has 18 heavy (non-hydrogen) atoms. The van der Waals surface area contributed by atoms with Gasteiger partial charge in [0.25, 0.3) is 11.6 Å². The largest absolute Gasteiger partial charge is 0.366 e. The van der Waals surface area contributed by atoms with Gasteiger partial charge in [0, 0.05) is 6.07 Å². The van der Waals surface area contributed by atoms with Crippen molar-refractivity contribution in [3.8, 4) is 0 Å². The molecular formula is C10H9N5O3. The van der Waals surface area contributed by atoms with Crippen molar-refractivity contribution >= 4 is 17.5 Å². The van der Waals surface area contributed by atoms with Crippen LogP contribution in [0.5, 0.6) is 0 Å². The molecule has 0 bridgehead atoms. The molecule has 8 heteroatoms. The lowest BCUT2D eigenvalue weighted by Gasteiger charge is -2.02. The summed E-state index contributed by atoms with van der Waals surface area (Å²) in [4.78, 5) is 25.9. The predicted molar refractivity (Wildman–Crippen MR) is 62.0 cm³/mol. The van der Waals surface area contributed by atoms with Gasteiger partial charge in [0.15, 0.2) is 0 Å². The molecule has 0 saturated carbocycles. The second kappa shape index (κ2) is 4.24. The van der Waals surface area contributed by atoms with E-state index in [1.54, 1.807) is 13.0 Å². The molecule has 0 spiro atoms. The van der Waals surface area contributed by atoms with E-state index >= 15 is 0 Å². The summed E-state index contributed by atoms with van der Waals surface area (Å²) in [6.07, 6.45) is 1.11. The molecule has 8 nitrogen and oxygen atoms in total. The summed E-state index contributed by atoms with van der Waals surface area (Å²) < 4.78 is 0.872. The van der Waals surface area contributed by atoms with E-state index in [0.29, 0.717) is 0 Å². The smallest absolute Gasteiger partial charge is 0.286 e. The van der Waals surface area contributed by atoms with Crippen LogP contribution < -0.4 is 5.73 Å². The van der Waals surface area contributed by atoms with Gasteiger partial charge in [-0.2, -0.15) is 4.68 Å². The maximum atomic E-state index is 12.0. The topological polar surface area (TPSA) is 117 Å². The molecule has 92 valence electrons. The highest BCUT2D eigenvalue weighted by Crippen LogP contribution is 2.20. The van der Waals surface area contributed by atoms with Crippen molar-refractivity contribution in [2.24, 2.45) is 0 Å². The van der Waals surface area contributed by atoms with Crippen molar-refractivity contribution < 1.29 is 9.72 Å². The van der Waals surface area contributed by atoms with Gasteiger partial charge < -0.3 is 5.73 Å². The van der Waals surface area contributed by atoms with Gasteiger partial charge in [0.05, 0.1) is 4.92 Å². The van der Waals surface area contributed by atoms with Gasteiger partial charge in [-0.1, -0.05) is 6.07 Å². The monoisotopic (exact) mass is 247 g/mol. The van der Waals surface area contributed by atoms with Gasteiger partial charge >= 0.3 is 0 Å². The molecule has 1 heterocycles. The minimum atomic E-state index is -0.644. The highest BCUT2D eigenvalue weighted by Gasteiger charge is 2.22. The summed E-state index contributed by atoms with van der Waals surface area (Å²) in [6.45, 7) is 1.73. The van der Waals surface area contributed by atoms with Crippen molar-refractivity contribution in [1.29, 1.82) is 0 Å². The molecule has 2 rings (SSSR count). The average Bonchev–Trinajstić information content (AvgIpc) is 2.74. The van der Waals surface area contributed by atoms with Crippen LogP contribution in [0.15, 0.2) is 24.5 Å². The second-order valence-electron chi connectivity index (χ2n) is 3.63. The SMILES string of the molecule is Cc1ccc([N+](=O)[O-])c(C(=O)n2cnc(N)n2)c1. The van der Waals surface area contributed by atoms with Gasteiger partial charge in [0.1, 0.15) is 11.9 Å². The zero-order valence-corrected chi connectivity index (χ0v) is 9.40. The maximum absolute atomic E-state index is 12.0. The minimum absolute atomic E-state index is 0.0510. The summed E-state index contributed by atoms with van der Waals surface area (Å²) in [5, 5.41) is 14.5. The number of hydrogen-bond acceptors (Lipinski definition) is 6. The van der Waals surface area contributed by atoms with Crippen molar-refractivity contribution in [2.45, 2.75) is 6.92 Å². The van der Waals surface area contributed by atoms with E-state index in [4.69, 9.17) is 5.73 Å². The average molecular weight is 247 g/mol. The number of benzene rings is 1. The third-order valence-electron chi connectivity index (χ3n) is 2.30. The molecule has 0 aliphatic rings. The highest BCUT2D eigenvalue weighted by molar-refractivity contribution is 5.99. The van der Waals surface area contributed by atoms with E-state index in [-0.39, 0.29) is 17.2 Å². The number of nitro benzene ring substituents is 1. The summed E-state index contributed by atoms with van der Waals surface area (Å²) in [7, 11) is 0. The van der Waals surface area contributed by atoms with Crippen LogP contribution in [0.25, 0.3) is 0 Å². The van der Waals surface area contributed by atoms with Gasteiger partial charge in [-0.3, -0.25) is 14.9 Å². The first-order chi connectivity index (χ1) is 8.49. The number of nitrogen functional groups attached to an aromatic ring is 1. The number of anilines is 1. The van der Waals surface area contributed by atoms with Gasteiger partial charge in [-0.15, -0.1) is 5.10 Å². The quantitative estimate of drug-likeness (QED) is 0.618. The number of nitro groups is 1. The lowest BCUT2D eigenvalue weighted by Crippen LogP contribution is -2.15. The number of aryl methyl sites for hydroxylation is 1. The molecule has 0 fully saturated rings. The van der Waals surface area contributed by atoms with Crippen LogP contribution in [0.4, 0.5) is 11.6 Å². The normalized spacial score (nSPS) is 10.3. The standard InChI is InChI=1S/C10H9N5O3/c1-6-2-3-8(15(17)18)7(4-6)9(16)14-5-12-10(11)13-14/h2-5H,1H3,(H2,11,13). The van der Waals surface area contributed by atoms with Crippen LogP contribution in [0.2, 0.25) is 0 Å². The van der Waals surface area contributed by atoms with E-state index in [1.807, 2.05) is 0 Å². The molecule has 0 aliphatic carbocycles. The summed E-state index contributed by atoms with van der Waals surface area (Å²) in [5.74, 6) is -0.715. The van der Waals surface area contributed by atoms with Crippen molar-refractivity contribution in [2.75, 3.05) is 5.73 Å². The Labute approximate surface area is 101 Å². The Kier molecular flexibility index (Phi) is 2.76. The molecule has 1 aromatic heterocycles. The first-order valence-corrected chi connectivity index (χ1v) is 4.96. The van der Waals surface area contributed by atoms with Crippen molar-refractivity contribution in [3.63, 3.8) is 0 Å². The molecule has 0 radical (unpaired) electrons. The predicted octanol–water partition coefficient (Wildman–Crippen LogP) is 0.765. The maximum Gasteiger partial charge on any atom is 0.286 e. The third-order valence-corrected chi connectivity index (χ3v) is 2.30. The molecule has 0 amide bonds. The van der Waals surface area contributed by atoms with Gasteiger partial charge in [-0.25, -0.2) is 4.98 Å². The zero-order chi connectivity index (χ0) is 13.3. The first-order valence-electron chi connectivity index (χ1n) is 4.96. The fraction of sp³-hybridized carbons (Fsp3) is 0.100. The molecule has 2 aromatic rings. The summed E-state index contributed by atoms with van der Waals surface area (Å²) >= 11 is 0. The summed E-state index contributed by atoms with van der Waals surface area (Å²) in [6, 6.07) is 4.27. The fourth-order valence-corrected chi connectivity index (χ4v) is 1.48. The number of nitrogens with two attached hydrogens (primary N) is 1. The van der Waals surface area contributed by atoms with E-state index in [9.17, 15) is 14.9 Å². The van der Waals surface area contributed by atoms with Crippen LogP contribution in [-0.4, -0.2) is 25.6 Å². The summed E-state index contributed by atoms with van der Waals surface area (Å²) in [5.41, 5.74) is 5.70. The Balaban J connectivity index is 2.53. The number of rotatable bonds is 2. The van der Waals surface area contributed by atoms with Crippen LogP contribution >= 0.6 is 0 Å². The zero-order valence-electron chi connectivity index (χ0n) is 9.40. The molecule has 2 N–H and O–H groups in total. The van der Waals surface area contributed by atoms with Crippen LogP contribution in [-0.2, 0) is 0 Å². The Morgan fingerprint density at radius 2 is 2.22 bits per heavy atom. The van der Waals surface area contributed by atoms with Crippen LogP contribution in [0.3, 0.4) is 0 Å². The van der Waals surface area contributed by atoms with E-state index in [1.165, 1.54) is 12.1 Å².